The highest BCUT2D eigenvalue weighted by Crippen LogP contribution is 2.42. The van der Waals surface area contributed by atoms with Gasteiger partial charge in [0.1, 0.15) is 10.6 Å². The van der Waals surface area contributed by atoms with Gasteiger partial charge in [0.2, 0.25) is 10.0 Å². The van der Waals surface area contributed by atoms with Gasteiger partial charge < -0.3 is 10.4 Å². The number of fused-ring (bicyclic) bond motifs is 1. The van der Waals surface area contributed by atoms with Gasteiger partial charge in [-0.05, 0) is 60.0 Å². The molecule has 0 atom stereocenters. The van der Waals surface area contributed by atoms with Crippen LogP contribution in [0.5, 0.6) is 5.75 Å². The molecule has 5 N–H and O–H groups in total. The van der Waals surface area contributed by atoms with E-state index in [4.69, 9.17) is 4.55 Å². The summed E-state index contributed by atoms with van der Waals surface area (Å²) >= 11 is 0. The minimum absolute atomic E-state index is 0.0685. The summed E-state index contributed by atoms with van der Waals surface area (Å²) in [5.41, 5.74) is 0.886. The van der Waals surface area contributed by atoms with Gasteiger partial charge in [0, 0.05) is 23.3 Å². The van der Waals surface area contributed by atoms with E-state index in [2.05, 4.69) is 24.5 Å². The summed E-state index contributed by atoms with van der Waals surface area (Å²) in [4.78, 5) is -0.917. The summed E-state index contributed by atoms with van der Waals surface area (Å²) in [6, 6.07) is 19.9. The van der Waals surface area contributed by atoms with Crippen LogP contribution in [-0.4, -0.2) is 52.6 Å². The Hall–Kier alpha value is -3.97. The maximum Gasteiger partial charge on any atom is 0.397 e. The number of para-hydroxylation sites is 1. The van der Waals surface area contributed by atoms with E-state index in [0.717, 1.165) is 23.9 Å². The third-order valence-electron chi connectivity index (χ3n) is 5.43. The highest BCUT2D eigenvalue weighted by molar-refractivity contribution is 7.89. The van der Waals surface area contributed by atoms with Gasteiger partial charge in [-0.2, -0.15) is 21.9 Å². The third kappa shape index (κ3) is 7.82. The number of nitrogens with zero attached hydrogens (tertiary/aromatic N) is 2. The quantitative estimate of drug-likeness (QED) is 0.0912. The number of benzene rings is 4. The first-order valence-electron chi connectivity index (χ1n) is 11.5. The van der Waals surface area contributed by atoms with Crippen molar-refractivity contribution in [1.29, 1.82) is 0 Å². The van der Waals surface area contributed by atoms with E-state index >= 15 is 0 Å². The van der Waals surface area contributed by atoms with Crippen molar-refractivity contribution in [2.75, 3.05) is 18.5 Å². The summed E-state index contributed by atoms with van der Waals surface area (Å²) in [5, 5.41) is 22.3. The lowest BCUT2D eigenvalue weighted by Crippen LogP contribution is -2.28. The van der Waals surface area contributed by atoms with Gasteiger partial charge in [-0.1, -0.05) is 24.3 Å². The Kier molecular flexibility index (Phi) is 8.69. The van der Waals surface area contributed by atoms with E-state index in [0.29, 0.717) is 11.1 Å². The van der Waals surface area contributed by atoms with Crippen LogP contribution in [0, 0.1) is 0 Å². The summed E-state index contributed by atoms with van der Waals surface area (Å²) in [7, 11) is -13.6. The van der Waals surface area contributed by atoms with Crippen LogP contribution in [0.2, 0.25) is 0 Å². The molecule has 216 valence electrons. The summed E-state index contributed by atoms with van der Waals surface area (Å²) in [5.74, 6) is -0.564. The fourth-order valence-electron chi connectivity index (χ4n) is 3.61. The van der Waals surface area contributed by atoms with Crippen molar-refractivity contribution in [2.24, 2.45) is 10.2 Å². The first-order valence-corrected chi connectivity index (χ1v) is 15.7. The monoisotopic (exact) mass is 622 g/mol. The molecule has 4 aromatic rings. The second kappa shape index (κ2) is 11.9. The van der Waals surface area contributed by atoms with E-state index < -0.39 is 60.0 Å². The zero-order valence-corrected chi connectivity index (χ0v) is 23.2. The number of anilines is 2. The van der Waals surface area contributed by atoms with E-state index in [1.54, 1.807) is 18.2 Å². The molecule has 0 unspecified atom stereocenters. The molecular weight excluding hydrogens is 600 g/mol. The van der Waals surface area contributed by atoms with E-state index in [1.807, 2.05) is 30.3 Å². The highest BCUT2D eigenvalue weighted by Gasteiger charge is 2.22. The minimum atomic E-state index is -4.84. The van der Waals surface area contributed by atoms with Crippen molar-refractivity contribution in [1.82, 2.24) is 4.72 Å². The molecule has 0 aliphatic rings. The lowest BCUT2D eigenvalue weighted by atomic mass is 10.1. The first-order chi connectivity index (χ1) is 19.2. The summed E-state index contributed by atoms with van der Waals surface area (Å²) in [6.07, 6.45) is 0. The van der Waals surface area contributed by atoms with Crippen LogP contribution in [0.15, 0.2) is 98.9 Å². The van der Waals surface area contributed by atoms with Crippen LogP contribution in [0.1, 0.15) is 0 Å². The Bertz CT molecular complexity index is 1930. The van der Waals surface area contributed by atoms with Crippen molar-refractivity contribution in [3.05, 3.63) is 78.9 Å². The van der Waals surface area contributed by atoms with Gasteiger partial charge in [-0.3, -0.25) is 9.11 Å². The number of azo groups is 1. The largest absolute Gasteiger partial charge is 0.505 e. The van der Waals surface area contributed by atoms with E-state index in [9.17, 15) is 34.9 Å². The lowest BCUT2D eigenvalue weighted by Gasteiger charge is -2.11. The van der Waals surface area contributed by atoms with Crippen LogP contribution in [0.4, 0.5) is 22.7 Å². The Labute approximate surface area is 235 Å². The molecule has 41 heavy (non-hydrogen) atoms. The average molecular weight is 623 g/mol. The molecule has 0 saturated heterocycles. The predicted octanol–water partition coefficient (Wildman–Crippen LogP) is 4.05. The molecule has 0 spiro atoms. The Balaban J connectivity index is 1.61. The molecule has 0 aliphatic heterocycles. The maximum atomic E-state index is 12.3. The van der Waals surface area contributed by atoms with E-state index in [-0.39, 0.29) is 16.0 Å². The molecule has 0 amide bonds. The van der Waals surface area contributed by atoms with Crippen molar-refractivity contribution >= 4 is 64.1 Å². The highest BCUT2D eigenvalue weighted by atomic mass is 32.3. The standard InChI is InChI=1S/C24H22N4O10S3/c29-24-21-15-19(26-17-4-2-1-3-5-17)7-6-16(21)14-22(40(32,33)34)23(24)28-27-18-8-10-20(11-9-18)39(30,31)25-12-13-38-41(35,36)37/h1-11,14-15,25-26,29H,12-13H2,(H,32,33,34)(H,35,36,37). The van der Waals surface area contributed by atoms with Crippen LogP contribution >= 0.6 is 0 Å². The summed E-state index contributed by atoms with van der Waals surface area (Å²) < 4.78 is 94.4. The van der Waals surface area contributed by atoms with Gasteiger partial charge in [-0.25, -0.2) is 17.3 Å². The fraction of sp³-hybridized carbons (Fsp3) is 0.0833. The van der Waals surface area contributed by atoms with Gasteiger partial charge in [0.05, 0.1) is 17.2 Å². The second-order valence-corrected chi connectivity index (χ2v) is 12.6. The molecule has 4 rings (SSSR count). The molecule has 0 bridgehead atoms. The number of phenolic OH excluding ortho intramolecular Hbond substituents is 1. The Morgan fingerprint density at radius 3 is 2.10 bits per heavy atom. The van der Waals surface area contributed by atoms with Crippen molar-refractivity contribution < 1.29 is 43.6 Å². The van der Waals surface area contributed by atoms with Crippen LogP contribution in [0.25, 0.3) is 10.8 Å². The predicted molar refractivity (Wildman–Crippen MR) is 148 cm³/mol. The van der Waals surface area contributed by atoms with Crippen molar-refractivity contribution in [2.45, 2.75) is 9.79 Å². The molecular formula is C24H22N4O10S3. The average Bonchev–Trinajstić information content (AvgIpc) is 2.90. The molecule has 0 aromatic heterocycles. The third-order valence-corrected chi connectivity index (χ3v) is 8.24. The zero-order valence-electron chi connectivity index (χ0n) is 20.7. The number of sulfonamides is 1. The molecule has 0 aliphatic carbocycles. The number of aromatic hydroxyl groups is 1. The van der Waals surface area contributed by atoms with Gasteiger partial charge in [0.25, 0.3) is 10.1 Å². The minimum Gasteiger partial charge on any atom is -0.505 e. The summed E-state index contributed by atoms with van der Waals surface area (Å²) in [6.45, 7) is -1.09. The number of rotatable bonds is 11. The molecule has 4 aromatic carbocycles. The van der Waals surface area contributed by atoms with Gasteiger partial charge >= 0.3 is 10.4 Å². The molecule has 0 heterocycles. The lowest BCUT2D eigenvalue weighted by molar-refractivity contribution is 0.272. The first kappa shape index (κ1) is 30.0. The van der Waals surface area contributed by atoms with Crippen molar-refractivity contribution in [3.8, 4) is 5.75 Å². The van der Waals surface area contributed by atoms with Crippen LogP contribution < -0.4 is 10.0 Å². The number of hydrogen-bond acceptors (Lipinski definition) is 11. The fourth-order valence-corrected chi connectivity index (χ4v) is 5.57. The second-order valence-electron chi connectivity index (χ2n) is 8.32. The number of hydrogen-bond donors (Lipinski definition) is 5. The van der Waals surface area contributed by atoms with Crippen LogP contribution in [0.3, 0.4) is 0 Å². The SMILES string of the molecule is O=S(=O)(O)OCCNS(=O)(=O)c1ccc(N=Nc2c(S(=O)(=O)O)cc3ccc(Nc4ccccc4)cc3c2O)cc1. The smallest absolute Gasteiger partial charge is 0.397 e. The molecule has 0 saturated carbocycles. The molecule has 0 fully saturated rings. The Morgan fingerprint density at radius 1 is 0.780 bits per heavy atom. The van der Waals surface area contributed by atoms with Gasteiger partial charge in [-0.15, -0.1) is 5.11 Å². The molecule has 14 nitrogen and oxygen atoms in total. The van der Waals surface area contributed by atoms with Crippen molar-refractivity contribution in [3.63, 3.8) is 0 Å². The number of nitrogens with one attached hydrogen (secondary N) is 2. The van der Waals surface area contributed by atoms with E-state index in [1.165, 1.54) is 12.1 Å². The Morgan fingerprint density at radius 2 is 1.46 bits per heavy atom. The number of phenols is 1. The molecule has 17 heteroatoms. The topological polar surface area (TPSA) is 221 Å². The van der Waals surface area contributed by atoms with Gasteiger partial charge in [0.15, 0.2) is 5.75 Å². The zero-order chi connectivity index (χ0) is 29.8. The van der Waals surface area contributed by atoms with Crippen LogP contribution in [-0.2, 0) is 34.7 Å². The normalized spacial score (nSPS) is 12.6. The maximum absolute atomic E-state index is 12.3. The molecule has 0 radical (unpaired) electrons.